The predicted molar refractivity (Wildman–Crippen MR) is 90.0 cm³/mol. The van der Waals surface area contributed by atoms with Crippen molar-refractivity contribution in [2.24, 2.45) is 0 Å². The van der Waals surface area contributed by atoms with E-state index in [1.807, 2.05) is 0 Å². The van der Waals surface area contributed by atoms with Crippen molar-refractivity contribution in [3.05, 3.63) is 38.0 Å². The molecule has 2 aromatic heterocycles. The Balaban J connectivity index is 1.62. The molecule has 0 saturated carbocycles. The van der Waals surface area contributed by atoms with E-state index in [1.54, 1.807) is 25.2 Å². The topological polar surface area (TPSA) is 87.7 Å². The van der Waals surface area contributed by atoms with E-state index >= 15 is 0 Å². The molecule has 0 radical (unpaired) electrons. The van der Waals surface area contributed by atoms with Gasteiger partial charge < -0.3 is 10.3 Å². The molecule has 0 spiro atoms. The molecule has 0 saturated heterocycles. The molecule has 23 heavy (non-hydrogen) atoms. The van der Waals surface area contributed by atoms with Crippen LogP contribution in [0.25, 0.3) is 0 Å². The van der Waals surface area contributed by atoms with Crippen LogP contribution in [0.4, 0.5) is 5.13 Å². The molecule has 0 atom stereocenters. The van der Waals surface area contributed by atoms with E-state index in [0.717, 1.165) is 18.5 Å². The highest BCUT2D eigenvalue weighted by Gasteiger charge is 2.16. The standard InChI is InChI=1S/C16H20N4O2S/c1-9-11(15(22)18-10(2)17-9)7-8-14(21)20-16-19-12-5-3-4-6-13(12)23-16/h3-8H2,1-2H3,(H,17,18,22)(H,19,20,21). The molecular formula is C16H20N4O2S. The molecule has 0 unspecified atom stereocenters. The summed E-state index contributed by atoms with van der Waals surface area (Å²) in [5.41, 5.74) is 2.23. The number of aromatic amines is 1. The first-order valence-electron chi connectivity index (χ1n) is 7.88. The van der Waals surface area contributed by atoms with E-state index in [2.05, 4.69) is 20.3 Å². The van der Waals surface area contributed by atoms with Crippen LogP contribution in [0, 0.1) is 13.8 Å². The summed E-state index contributed by atoms with van der Waals surface area (Å²) in [7, 11) is 0. The SMILES string of the molecule is Cc1nc(C)c(CCC(=O)Nc2nc3c(s2)CCCC3)c(=O)[nH]1. The number of H-pyrrole nitrogens is 1. The molecule has 0 aromatic carbocycles. The number of hydrogen-bond donors (Lipinski definition) is 2. The monoisotopic (exact) mass is 332 g/mol. The lowest BCUT2D eigenvalue weighted by Crippen LogP contribution is -2.20. The molecule has 2 aromatic rings. The Labute approximate surface area is 138 Å². The molecule has 0 bridgehead atoms. The highest BCUT2D eigenvalue weighted by Crippen LogP contribution is 2.29. The number of aromatic nitrogens is 3. The third-order valence-corrected chi connectivity index (χ3v) is 5.11. The van der Waals surface area contributed by atoms with E-state index in [4.69, 9.17) is 0 Å². The first-order valence-corrected chi connectivity index (χ1v) is 8.69. The molecule has 1 aliphatic rings. The minimum atomic E-state index is -0.160. The van der Waals surface area contributed by atoms with E-state index in [-0.39, 0.29) is 17.9 Å². The zero-order chi connectivity index (χ0) is 16.4. The van der Waals surface area contributed by atoms with Gasteiger partial charge in [-0.05, 0) is 46.0 Å². The van der Waals surface area contributed by atoms with Gasteiger partial charge >= 0.3 is 0 Å². The maximum atomic E-state index is 12.1. The normalized spacial score (nSPS) is 13.7. The highest BCUT2D eigenvalue weighted by molar-refractivity contribution is 7.15. The lowest BCUT2D eigenvalue weighted by molar-refractivity contribution is -0.116. The van der Waals surface area contributed by atoms with Gasteiger partial charge in [0.05, 0.1) is 5.69 Å². The van der Waals surface area contributed by atoms with Crippen molar-refractivity contribution < 1.29 is 4.79 Å². The Morgan fingerprint density at radius 3 is 2.78 bits per heavy atom. The second-order valence-electron chi connectivity index (χ2n) is 5.86. The van der Waals surface area contributed by atoms with Crippen LogP contribution in [-0.4, -0.2) is 20.9 Å². The van der Waals surface area contributed by atoms with Crippen molar-refractivity contribution in [3.63, 3.8) is 0 Å². The molecule has 0 fully saturated rings. The van der Waals surface area contributed by atoms with Crippen LogP contribution >= 0.6 is 11.3 Å². The van der Waals surface area contributed by atoms with Gasteiger partial charge in [0, 0.05) is 22.6 Å². The van der Waals surface area contributed by atoms with Crippen molar-refractivity contribution in [2.75, 3.05) is 5.32 Å². The van der Waals surface area contributed by atoms with Crippen LogP contribution in [0.2, 0.25) is 0 Å². The Hall–Kier alpha value is -2.02. The number of amides is 1. The minimum Gasteiger partial charge on any atom is -0.311 e. The number of carbonyl (C=O) groups excluding carboxylic acids is 1. The summed E-state index contributed by atoms with van der Waals surface area (Å²) in [5, 5.41) is 3.53. The van der Waals surface area contributed by atoms with Gasteiger partial charge in [0.2, 0.25) is 5.91 Å². The number of anilines is 1. The Morgan fingerprint density at radius 2 is 2.04 bits per heavy atom. The van der Waals surface area contributed by atoms with Crippen LogP contribution in [0.3, 0.4) is 0 Å². The zero-order valence-corrected chi connectivity index (χ0v) is 14.2. The average molecular weight is 332 g/mol. The number of rotatable bonds is 4. The maximum absolute atomic E-state index is 12.1. The van der Waals surface area contributed by atoms with Gasteiger partial charge in [0.25, 0.3) is 5.56 Å². The lowest BCUT2D eigenvalue weighted by atomic mass is 10.0. The molecule has 1 amide bonds. The van der Waals surface area contributed by atoms with Crippen LogP contribution in [0.1, 0.15) is 46.9 Å². The van der Waals surface area contributed by atoms with Crippen LogP contribution in [0.5, 0.6) is 0 Å². The van der Waals surface area contributed by atoms with Gasteiger partial charge in [-0.1, -0.05) is 0 Å². The second kappa shape index (κ2) is 6.62. The number of nitrogens with one attached hydrogen (secondary N) is 2. The third-order valence-electron chi connectivity index (χ3n) is 4.03. The average Bonchev–Trinajstić information content (AvgIpc) is 2.88. The zero-order valence-electron chi connectivity index (χ0n) is 13.4. The quantitative estimate of drug-likeness (QED) is 0.899. The van der Waals surface area contributed by atoms with Gasteiger partial charge in [0.15, 0.2) is 5.13 Å². The fourth-order valence-corrected chi connectivity index (χ4v) is 3.94. The van der Waals surface area contributed by atoms with E-state index in [1.165, 1.54) is 17.7 Å². The first-order chi connectivity index (χ1) is 11.0. The van der Waals surface area contributed by atoms with E-state index in [9.17, 15) is 9.59 Å². The Kier molecular flexibility index (Phi) is 4.56. The molecule has 2 heterocycles. The number of carbonyl (C=O) groups is 1. The fourth-order valence-electron chi connectivity index (χ4n) is 2.87. The molecule has 7 heteroatoms. The van der Waals surface area contributed by atoms with Crippen molar-refractivity contribution >= 4 is 22.4 Å². The van der Waals surface area contributed by atoms with Gasteiger partial charge in [-0.25, -0.2) is 9.97 Å². The summed E-state index contributed by atoms with van der Waals surface area (Å²) in [5.74, 6) is 0.476. The molecule has 2 N–H and O–H groups in total. The van der Waals surface area contributed by atoms with Gasteiger partial charge in [-0.15, -0.1) is 11.3 Å². The summed E-state index contributed by atoms with van der Waals surface area (Å²) in [6.07, 6.45) is 5.07. The molecule has 3 rings (SSSR count). The van der Waals surface area contributed by atoms with E-state index in [0.29, 0.717) is 28.6 Å². The minimum absolute atomic E-state index is 0.115. The number of thiazole rings is 1. The Bertz CT molecular complexity index is 770. The molecular weight excluding hydrogens is 312 g/mol. The second-order valence-corrected chi connectivity index (χ2v) is 6.94. The van der Waals surface area contributed by atoms with Crippen molar-refractivity contribution in [3.8, 4) is 0 Å². The smallest absolute Gasteiger partial charge is 0.254 e. The first kappa shape index (κ1) is 15.9. The molecule has 0 aliphatic heterocycles. The largest absolute Gasteiger partial charge is 0.311 e. The number of nitrogens with zero attached hydrogens (tertiary/aromatic N) is 2. The van der Waals surface area contributed by atoms with Gasteiger partial charge in [0.1, 0.15) is 5.82 Å². The lowest BCUT2D eigenvalue weighted by Gasteiger charge is -2.06. The van der Waals surface area contributed by atoms with Crippen LogP contribution < -0.4 is 10.9 Å². The van der Waals surface area contributed by atoms with Crippen molar-refractivity contribution in [1.29, 1.82) is 0 Å². The Morgan fingerprint density at radius 1 is 1.26 bits per heavy atom. The van der Waals surface area contributed by atoms with Crippen molar-refractivity contribution in [2.45, 2.75) is 52.4 Å². The number of fused-ring (bicyclic) bond motifs is 1. The van der Waals surface area contributed by atoms with Crippen LogP contribution in [0.15, 0.2) is 4.79 Å². The van der Waals surface area contributed by atoms with Gasteiger partial charge in [-0.2, -0.15) is 0 Å². The van der Waals surface area contributed by atoms with Crippen LogP contribution in [-0.2, 0) is 24.1 Å². The summed E-state index contributed by atoms with van der Waals surface area (Å²) < 4.78 is 0. The number of aryl methyl sites for hydroxylation is 4. The summed E-state index contributed by atoms with van der Waals surface area (Å²) in [6.45, 7) is 3.54. The summed E-state index contributed by atoms with van der Waals surface area (Å²) >= 11 is 1.57. The number of hydrogen-bond acceptors (Lipinski definition) is 5. The fraction of sp³-hybridized carbons (Fsp3) is 0.500. The van der Waals surface area contributed by atoms with Gasteiger partial charge in [-0.3, -0.25) is 9.59 Å². The molecule has 6 nitrogen and oxygen atoms in total. The highest BCUT2D eigenvalue weighted by atomic mass is 32.1. The maximum Gasteiger partial charge on any atom is 0.254 e. The summed E-state index contributed by atoms with van der Waals surface area (Å²) in [4.78, 5) is 36.7. The van der Waals surface area contributed by atoms with Crippen molar-refractivity contribution in [1.82, 2.24) is 15.0 Å². The summed E-state index contributed by atoms with van der Waals surface area (Å²) in [6, 6.07) is 0. The third kappa shape index (κ3) is 3.67. The molecule has 1 aliphatic carbocycles. The van der Waals surface area contributed by atoms with E-state index < -0.39 is 0 Å². The molecule has 122 valence electrons. The predicted octanol–water partition coefficient (Wildman–Crippen LogP) is 2.29.